The largest absolute Gasteiger partial charge is 2.00 e. The van der Waals surface area contributed by atoms with E-state index in [1.54, 1.807) is 12.1 Å². The quantitative estimate of drug-likeness (QED) is 0.620. The van der Waals surface area contributed by atoms with Gasteiger partial charge in [-0.15, -0.1) is 0 Å². The fourth-order valence-electron chi connectivity index (χ4n) is 1.08. The Morgan fingerprint density at radius 1 is 1.33 bits per heavy atom. The number of hydrogen-bond donors (Lipinski definition) is 0. The third-order valence-electron chi connectivity index (χ3n) is 1.97. The van der Waals surface area contributed by atoms with Crippen molar-refractivity contribution in [3.05, 3.63) is 48.1 Å². The summed E-state index contributed by atoms with van der Waals surface area (Å²) in [4.78, 5) is 11.4. The maximum atomic E-state index is 11.4. The zero-order valence-corrected chi connectivity index (χ0v) is 11.3. The molecule has 0 aromatic heterocycles. The predicted molar refractivity (Wildman–Crippen MR) is 58.6 cm³/mol. The van der Waals surface area contributed by atoms with E-state index in [1.807, 2.05) is 12.1 Å². The van der Waals surface area contributed by atoms with Crippen LogP contribution >= 0.6 is 15.9 Å². The number of ether oxygens (including phenoxy) is 1. The first-order chi connectivity index (χ1) is 6.48. The molecular formula is C11H11BrO2V. The first-order valence-electron chi connectivity index (χ1n) is 4.03. The molecule has 4 heteroatoms. The van der Waals surface area contributed by atoms with Gasteiger partial charge in [-0.25, -0.2) is 0 Å². The molecule has 0 aliphatic heterocycles. The summed E-state index contributed by atoms with van der Waals surface area (Å²) in [7, 11) is 1.33. The summed E-state index contributed by atoms with van der Waals surface area (Å²) in [5.74, 6) is -0.445. The first-order valence-corrected chi connectivity index (χ1v) is 4.83. The molecule has 2 nitrogen and oxygen atoms in total. The maximum absolute atomic E-state index is 11.4. The molecule has 1 aromatic carbocycles. The van der Waals surface area contributed by atoms with Crippen molar-refractivity contribution in [1.82, 2.24) is 0 Å². The van der Waals surface area contributed by atoms with Crippen LogP contribution in [0.25, 0.3) is 0 Å². The minimum absolute atomic E-state index is 0. The van der Waals surface area contributed by atoms with Crippen LogP contribution < -0.4 is 0 Å². The topological polar surface area (TPSA) is 26.3 Å². The van der Waals surface area contributed by atoms with Gasteiger partial charge in [-0.05, 0) is 12.1 Å². The molecule has 0 bridgehead atoms. The van der Waals surface area contributed by atoms with Crippen LogP contribution in [0.15, 0.2) is 28.7 Å². The molecule has 79 valence electrons. The SMILES string of the molecule is [CH2-]C([CH2-])(C(=O)OC)c1ccc(Br)cc1.[V+2]. The molecule has 0 spiro atoms. The predicted octanol–water partition coefficient (Wildman–Crippen LogP) is 2.53. The second kappa shape index (κ2) is 5.73. The van der Waals surface area contributed by atoms with Crippen molar-refractivity contribution in [2.45, 2.75) is 5.41 Å². The van der Waals surface area contributed by atoms with Gasteiger partial charge in [0.05, 0.1) is 7.11 Å². The summed E-state index contributed by atoms with van der Waals surface area (Å²) in [6.45, 7) is 7.48. The van der Waals surface area contributed by atoms with E-state index >= 15 is 0 Å². The second-order valence-corrected chi connectivity index (χ2v) is 4.00. The van der Waals surface area contributed by atoms with Crippen LogP contribution in [0.3, 0.4) is 0 Å². The summed E-state index contributed by atoms with van der Waals surface area (Å²) >= 11 is 3.31. The molecule has 0 N–H and O–H groups in total. The van der Waals surface area contributed by atoms with Crippen molar-refractivity contribution in [1.29, 1.82) is 0 Å². The van der Waals surface area contributed by atoms with Gasteiger partial charge < -0.3 is 18.6 Å². The number of rotatable bonds is 2. The van der Waals surface area contributed by atoms with E-state index in [0.717, 1.165) is 10.0 Å². The van der Waals surface area contributed by atoms with E-state index in [1.165, 1.54) is 7.11 Å². The van der Waals surface area contributed by atoms with Gasteiger partial charge in [0.2, 0.25) is 0 Å². The Balaban J connectivity index is 0.00000196. The van der Waals surface area contributed by atoms with Gasteiger partial charge in [0, 0.05) is 4.47 Å². The van der Waals surface area contributed by atoms with E-state index in [9.17, 15) is 4.79 Å². The van der Waals surface area contributed by atoms with Crippen molar-refractivity contribution >= 4 is 21.9 Å². The van der Waals surface area contributed by atoms with Gasteiger partial charge in [0.1, 0.15) is 0 Å². The Labute approximate surface area is 110 Å². The fourth-order valence-corrected chi connectivity index (χ4v) is 1.35. The third kappa shape index (κ3) is 3.37. The molecule has 15 heavy (non-hydrogen) atoms. The second-order valence-electron chi connectivity index (χ2n) is 3.08. The molecule has 0 aliphatic rings. The number of benzene rings is 1. The average molecular weight is 306 g/mol. The van der Waals surface area contributed by atoms with Gasteiger partial charge >= 0.3 is 18.6 Å². The number of carbonyl (C=O) groups excluding carboxylic acids is 1. The molecule has 0 amide bonds. The standard InChI is InChI=1S/C11H11BrO2.V/c1-11(2,10(13)14-3)8-4-6-9(12)7-5-8;/h4-7H,1-2H2,3H3;/q-2;+2. The molecule has 1 radical (unpaired) electrons. The Morgan fingerprint density at radius 2 is 1.80 bits per heavy atom. The van der Waals surface area contributed by atoms with E-state index in [4.69, 9.17) is 0 Å². The van der Waals surface area contributed by atoms with Crippen LogP contribution in [0.4, 0.5) is 0 Å². The van der Waals surface area contributed by atoms with Crippen LogP contribution in [0.5, 0.6) is 0 Å². The summed E-state index contributed by atoms with van der Waals surface area (Å²) < 4.78 is 5.57. The minimum Gasteiger partial charge on any atom is -0.472 e. The molecule has 0 saturated carbocycles. The Morgan fingerprint density at radius 3 is 2.20 bits per heavy atom. The summed E-state index contributed by atoms with van der Waals surface area (Å²) in [6.07, 6.45) is 0. The van der Waals surface area contributed by atoms with Crippen molar-refractivity contribution in [2.24, 2.45) is 0 Å². The number of hydrogen-bond acceptors (Lipinski definition) is 2. The van der Waals surface area contributed by atoms with Crippen LogP contribution in [0, 0.1) is 13.8 Å². The monoisotopic (exact) mass is 305 g/mol. The average Bonchev–Trinajstić information content (AvgIpc) is 2.17. The normalized spacial score (nSPS) is 10.4. The van der Waals surface area contributed by atoms with Gasteiger partial charge in [-0.1, -0.05) is 33.6 Å². The van der Waals surface area contributed by atoms with Crippen molar-refractivity contribution < 1.29 is 28.1 Å². The van der Waals surface area contributed by atoms with Gasteiger partial charge in [0.25, 0.3) is 5.97 Å². The van der Waals surface area contributed by atoms with Crippen LogP contribution in [0.2, 0.25) is 0 Å². The van der Waals surface area contributed by atoms with E-state index in [0.29, 0.717) is 0 Å². The molecule has 1 rings (SSSR count). The van der Waals surface area contributed by atoms with Gasteiger partial charge in [-0.3, -0.25) is 4.79 Å². The molecule has 0 aliphatic carbocycles. The number of carbonyl (C=O) groups is 1. The number of halogens is 1. The van der Waals surface area contributed by atoms with Crippen molar-refractivity contribution in [3.8, 4) is 0 Å². The van der Waals surface area contributed by atoms with E-state index in [-0.39, 0.29) is 18.6 Å². The van der Waals surface area contributed by atoms with Crippen LogP contribution in [-0.2, 0) is 33.5 Å². The van der Waals surface area contributed by atoms with Gasteiger partial charge in [-0.2, -0.15) is 5.41 Å². The van der Waals surface area contributed by atoms with Crippen LogP contribution in [0.1, 0.15) is 5.56 Å². The zero-order chi connectivity index (χ0) is 10.8. The number of methoxy groups -OCH3 is 1. The Kier molecular flexibility index (Phi) is 5.64. The molecule has 0 atom stereocenters. The third-order valence-corrected chi connectivity index (χ3v) is 2.50. The maximum Gasteiger partial charge on any atom is 2.00 e. The number of esters is 1. The molecule has 0 heterocycles. The Bertz CT molecular complexity index is 333. The zero-order valence-electron chi connectivity index (χ0n) is 8.37. The Hall–Kier alpha value is -0.246. The fraction of sp³-hybridized carbons (Fsp3) is 0.182. The summed E-state index contributed by atoms with van der Waals surface area (Å²) in [6, 6.07) is 7.26. The van der Waals surface area contributed by atoms with E-state index in [2.05, 4.69) is 34.5 Å². The first kappa shape index (κ1) is 14.8. The minimum atomic E-state index is -1.09. The summed E-state index contributed by atoms with van der Waals surface area (Å²) in [5, 5.41) is 0. The summed E-state index contributed by atoms with van der Waals surface area (Å²) in [5.41, 5.74) is -0.359. The molecule has 0 unspecified atom stereocenters. The molecule has 0 saturated heterocycles. The van der Waals surface area contributed by atoms with Gasteiger partial charge in [0.15, 0.2) is 0 Å². The van der Waals surface area contributed by atoms with Crippen molar-refractivity contribution in [3.63, 3.8) is 0 Å². The smallest absolute Gasteiger partial charge is 0.472 e. The molecule has 1 aromatic rings. The van der Waals surface area contributed by atoms with Crippen LogP contribution in [-0.4, -0.2) is 13.1 Å². The molecule has 0 fully saturated rings. The molecular weight excluding hydrogens is 295 g/mol. The van der Waals surface area contributed by atoms with Crippen molar-refractivity contribution in [2.75, 3.05) is 7.11 Å². The van der Waals surface area contributed by atoms with E-state index < -0.39 is 11.4 Å².